The standard InChI is InChI=1S/C24H30N8O2S/c1-35-32-7-5-30(6-8-32)17-18-3-2-4-20(13-18)34-22-14-21(19-15-26-23(25)27-16-19)28-24(29-22)31-9-11-33-12-10-31/h2-4,13-16H,5-12,17H2,1H3,(H2,25,26,27). The number of nitrogens with zero attached hydrogens (tertiary/aromatic N) is 7. The van der Waals surface area contributed by atoms with Crippen LogP contribution in [-0.2, 0) is 11.3 Å². The smallest absolute Gasteiger partial charge is 0.229 e. The van der Waals surface area contributed by atoms with Crippen LogP contribution < -0.4 is 15.4 Å². The van der Waals surface area contributed by atoms with Gasteiger partial charge in [0.25, 0.3) is 0 Å². The predicted molar refractivity (Wildman–Crippen MR) is 137 cm³/mol. The largest absolute Gasteiger partial charge is 0.439 e. The zero-order chi connectivity index (χ0) is 24.0. The van der Waals surface area contributed by atoms with Gasteiger partial charge in [-0.25, -0.2) is 19.3 Å². The molecule has 10 nitrogen and oxygen atoms in total. The van der Waals surface area contributed by atoms with Gasteiger partial charge in [-0.3, -0.25) is 4.90 Å². The van der Waals surface area contributed by atoms with E-state index < -0.39 is 0 Å². The Labute approximate surface area is 209 Å². The summed E-state index contributed by atoms with van der Waals surface area (Å²) in [4.78, 5) is 22.3. The number of anilines is 2. The highest BCUT2D eigenvalue weighted by Crippen LogP contribution is 2.28. The zero-order valence-electron chi connectivity index (χ0n) is 19.8. The van der Waals surface area contributed by atoms with Gasteiger partial charge in [0.2, 0.25) is 17.8 Å². The SMILES string of the molecule is CSN1CCN(Cc2cccc(Oc3cc(-c4cnc(N)nc4)nc(N4CCOCC4)n3)c2)CC1. The predicted octanol–water partition coefficient (Wildman–Crippen LogP) is 2.54. The van der Waals surface area contributed by atoms with E-state index in [1.165, 1.54) is 5.56 Å². The van der Waals surface area contributed by atoms with E-state index in [-0.39, 0.29) is 5.95 Å². The fourth-order valence-electron chi connectivity index (χ4n) is 4.14. The van der Waals surface area contributed by atoms with Gasteiger partial charge in [-0.05, 0) is 24.0 Å². The maximum Gasteiger partial charge on any atom is 0.229 e. The van der Waals surface area contributed by atoms with Crippen molar-refractivity contribution in [3.63, 3.8) is 0 Å². The number of hydrogen-bond donors (Lipinski definition) is 1. The molecule has 2 aromatic heterocycles. The molecule has 5 rings (SSSR count). The van der Waals surface area contributed by atoms with Crippen LogP contribution in [0.25, 0.3) is 11.3 Å². The molecule has 0 radical (unpaired) electrons. The molecule has 2 aliphatic heterocycles. The van der Waals surface area contributed by atoms with E-state index in [0.717, 1.165) is 57.1 Å². The van der Waals surface area contributed by atoms with Gasteiger partial charge >= 0.3 is 0 Å². The summed E-state index contributed by atoms with van der Waals surface area (Å²) >= 11 is 1.82. The lowest BCUT2D eigenvalue weighted by molar-refractivity contribution is 0.122. The van der Waals surface area contributed by atoms with E-state index in [4.69, 9.17) is 25.2 Å². The number of nitrogens with two attached hydrogens (primary N) is 1. The third-order valence-corrected chi connectivity index (χ3v) is 6.95. The molecule has 2 saturated heterocycles. The number of piperazine rings is 1. The maximum atomic E-state index is 6.26. The molecule has 0 unspecified atom stereocenters. The van der Waals surface area contributed by atoms with Crippen LogP contribution >= 0.6 is 11.9 Å². The summed E-state index contributed by atoms with van der Waals surface area (Å²) in [6.45, 7) is 7.92. The Hall–Kier alpha value is -2.99. The van der Waals surface area contributed by atoms with Crippen LogP contribution in [0.15, 0.2) is 42.7 Å². The Morgan fingerprint density at radius 3 is 2.51 bits per heavy atom. The first-order chi connectivity index (χ1) is 17.2. The minimum Gasteiger partial charge on any atom is -0.439 e. The monoisotopic (exact) mass is 494 g/mol. The molecule has 184 valence electrons. The molecule has 0 saturated carbocycles. The first kappa shape index (κ1) is 23.7. The van der Waals surface area contributed by atoms with Crippen molar-refractivity contribution in [2.24, 2.45) is 0 Å². The van der Waals surface area contributed by atoms with Crippen molar-refractivity contribution >= 4 is 23.8 Å². The molecule has 2 N–H and O–H groups in total. The number of rotatable bonds is 7. The highest BCUT2D eigenvalue weighted by molar-refractivity contribution is 7.96. The summed E-state index contributed by atoms with van der Waals surface area (Å²) in [5.41, 5.74) is 8.32. The van der Waals surface area contributed by atoms with Crippen LogP contribution in [-0.4, -0.2) is 87.9 Å². The topological polar surface area (TPSA) is 106 Å². The first-order valence-corrected chi connectivity index (χ1v) is 12.9. The second-order valence-corrected chi connectivity index (χ2v) is 9.34. The average molecular weight is 495 g/mol. The Bertz CT molecular complexity index is 1120. The zero-order valence-corrected chi connectivity index (χ0v) is 20.7. The van der Waals surface area contributed by atoms with E-state index in [1.807, 2.05) is 30.1 Å². The van der Waals surface area contributed by atoms with Crippen LogP contribution in [0.5, 0.6) is 11.6 Å². The van der Waals surface area contributed by atoms with Crippen LogP contribution in [0.3, 0.4) is 0 Å². The number of benzene rings is 1. The van der Waals surface area contributed by atoms with Gasteiger partial charge < -0.3 is 20.1 Å². The average Bonchev–Trinajstić information content (AvgIpc) is 2.90. The summed E-state index contributed by atoms with van der Waals surface area (Å²) < 4.78 is 14.2. The Morgan fingerprint density at radius 2 is 1.77 bits per heavy atom. The number of morpholine rings is 1. The molecular weight excluding hydrogens is 464 g/mol. The van der Waals surface area contributed by atoms with Crippen molar-refractivity contribution in [1.82, 2.24) is 29.1 Å². The minimum absolute atomic E-state index is 0.222. The highest BCUT2D eigenvalue weighted by Gasteiger charge is 2.19. The number of ether oxygens (including phenoxy) is 2. The lowest BCUT2D eigenvalue weighted by Crippen LogP contribution is -2.42. The van der Waals surface area contributed by atoms with Gasteiger partial charge in [-0.1, -0.05) is 24.1 Å². The van der Waals surface area contributed by atoms with Gasteiger partial charge in [0.1, 0.15) is 5.75 Å². The molecule has 3 aromatic rings. The van der Waals surface area contributed by atoms with Gasteiger partial charge in [0.15, 0.2) is 0 Å². The molecule has 2 fully saturated rings. The molecule has 0 bridgehead atoms. The van der Waals surface area contributed by atoms with Gasteiger partial charge in [-0.2, -0.15) is 4.98 Å². The summed E-state index contributed by atoms with van der Waals surface area (Å²) in [6.07, 6.45) is 5.46. The fourth-order valence-corrected chi connectivity index (χ4v) is 4.67. The molecule has 35 heavy (non-hydrogen) atoms. The van der Waals surface area contributed by atoms with Crippen molar-refractivity contribution < 1.29 is 9.47 Å². The van der Waals surface area contributed by atoms with Crippen molar-refractivity contribution in [2.75, 3.05) is 69.4 Å². The molecule has 2 aliphatic rings. The second kappa shape index (κ2) is 11.2. The van der Waals surface area contributed by atoms with E-state index in [1.54, 1.807) is 12.4 Å². The molecular formula is C24H30N8O2S. The van der Waals surface area contributed by atoms with E-state index in [9.17, 15) is 0 Å². The first-order valence-electron chi connectivity index (χ1n) is 11.7. The summed E-state index contributed by atoms with van der Waals surface area (Å²) in [5, 5.41) is 0. The van der Waals surface area contributed by atoms with Gasteiger partial charge in [0, 0.05) is 69.8 Å². The van der Waals surface area contributed by atoms with E-state index in [0.29, 0.717) is 30.7 Å². The molecule has 11 heteroatoms. The Kier molecular flexibility index (Phi) is 7.57. The Balaban J connectivity index is 1.36. The van der Waals surface area contributed by atoms with Crippen LogP contribution in [0.2, 0.25) is 0 Å². The van der Waals surface area contributed by atoms with Crippen LogP contribution in [0, 0.1) is 0 Å². The molecule has 0 aliphatic carbocycles. The summed E-state index contributed by atoms with van der Waals surface area (Å²) in [5.74, 6) is 2.04. The molecule has 0 atom stereocenters. The molecule has 1 aromatic carbocycles. The highest BCUT2D eigenvalue weighted by atomic mass is 32.2. The van der Waals surface area contributed by atoms with Crippen molar-refractivity contribution in [3.05, 3.63) is 48.3 Å². The second-order valence-electron chi connectivity index (χ2n) is 8.46. The van der Waals surface area contributed by atoms with Crippen molar-refractivity contribution in [1.29, 1.82) is 0 Å². The lowest BCUT2D eigenvalue weighted by Gasteiger charge is -2.33. The van der Waals surface area contributed by atoms with E-state index >= 15 is 0 Å². The van der Waals surface area contributed by atoms with Crippen molar-refractivity contribution in [3.8, 4) is 22.9 Å². The van der Waals surface area contributed by atoms with Gasteiger partial charge in [-0.15, -0.1) is 0 Å². The van der Waals surface area contributed by atoms with E-state index in [2.05, 4.69) is 42.5 Å². The number of hydrogen-bond acceptors (Lipinski definition) is 11. The lowest BCUT2D eigenvalue weighted by atomic mass is 10.2. The summed E-state index contributed by atoms with van der Waals surface area (Å²) in [6, 6.07) is 10.0. The normalized spacial score (nSPS) is 17.5. The molecule has 4 heterocycles. The third kappa shape index (κ3) is 6.17. The van der Waals surface area contributed by atoms with Crippen LogP contribution in [0.1, 0.15) is 5.56 Å². The minimum atomic E-state index is 0.222. The fraction of sp³-hybridized carbons (Fsp3) is 0.417. The summed E-state index contributed by atoms with van der Waals surface area (Å²) in [7, 11) is 0. The van der Waals surface area contributed by atoms with Gasteiger partial charge in [0.05, 0.1) is 18.9 Å². The van der Waals surface area contributed by atoms with Crippen molar-refractivity contribution in [2.45, 2.75) is 6.54 Å². The maximum absolute atomic E-state index is 6.26. The Morgan fingerprint density at radius 1 is 1.00 bits per heavy atom. The molecule has 0 amide bonds. The third-order valence-electron chi connectivity index (χ3n) is 6.07. The molecule has 0 spiro atoms. The van der Waals surface area contributed by atoms with Crippen LogP contribution in [0.4, 0.5) is 11.9 Å². The number of nitrogen functional groups attached to an aromatic ring is 1. The number of aromatic nitrogens is 4. The quantitative estimate of drug-likeness (QED) is 0.490.